The van der Waals surface area contributed by atoms with Crippen LogP contribution in [0.4, 0.5) is 0 Å². The van der Waals surface area contributed by atoms with E-state index in [1.54, 1.807) is 6.07 Å². The Morgan fingerprint density at radius 1 is 1.47 bits per heavy atom. The lowest BCUT2D eigenvalue weighted by Gasteiger charge is -2.07. The number of nitrogens with two attached hydrogens (primary N) is 1. The number of hydrogen-bond donors (Lipinski definition) is 2. The average Bonchev–Trinajstić information content (AvgIpc) is 2.23. The van der Waals surface area contributed by atoms with Gasteiger partial charge in [-0.3, -0.25) is 0 Å². The van der Waals surface area contributed by atoms with Crippen molar-refractivity contribution in [1.29, 1.82) is 0 Å². The molecule has 0 atom stereocenters. The minimum absolute atomic E-state index is 0.167. The molecule has 0 aromatic heterocycles. The number of allylic oxidation sites excluding steroid dienone is 1. The van der Waals surface area contributed by atoms with Crippen molar-refractivity contribution in [3.63, 3.8) is 0 Å². The largest absolute Gasteiger partial charge is 0.504 e. The summed E-state index contributed by atoms with van der Waals surface area (Å²) in [6.45, 7) is 2.99. The fourth-order valence-corrected chi connectivity index (χ4v) is 1.23. The van der Waals surface area contributed by atoms with E-state index in [-0.39, 0.29) is 5.75 Å². The smallest absolute Gasteiger partial charge is 0.161 e. The first-order valence-electron chi connectivity index (χ1n) is 5.04. The van der Waals surface area contributed by atoms with Crippen LogP contribution >= 0.6 is 0 Å². The molecule has 0 aliphatic heterocycles. The summed E-state index contributed by atoms with van der Waals surface area (Å²) in [5.41, 5.74) is 6.53. The van der Waals surface area contributed by atoms with E-state index in [0.717, 1.165) is 12.0 Å². The Labute approximate surface area is 90.2 Å². The fourth-order valence-electron chi connectivity index (χ4n) is 1.23. The SMILES string of the molecule is C/C=C/COc1cc(CCN)ccc1O. The van der Waals surface area contributed by atoms with Gasteiger partial charge in [0.25, 0.3) is 0 Å². The standard InChI is InChI=1S/C12H17NO2/c1-2-3-8-15-12-9-10(6-7-13)4-5-11(12)14/h2-5,9,14H,6-8,13H2,1H3/b3-2+. The first-order chi connectivity index (χ1) is 7.27. The van der Waals surface area contributed by atoms with Crippen LogP contribution in [0.5, 0.6) is 11.5 Å². The summed E-state index contributed by atoms with van der Waals surface area (Å²) in [4.78, 5) is 0. The first-order valence-corrected chi connectivity index (χ1v) is 5.04. The molecule has 0 aliphatic carbocycles. The van der Waals surface area contributed by atoms with Gasteiger partial charge in [-0.05, 0) is 37.6 Å². The summed E-state index contributed by atoms with van der Waals surface area (Å²) in [6, 6.07) is 5.31. The van der Waals surface area contributed by atoms with Crippen molar-refractivity contribution in [3.05, 3.63) is 35.9 Å². The molecule has 0 saturated heterocycles. The van der Waals surface area contributed by atoms with E-state index >= 15 is 0 Å². The maximum atomic E-state index is 9.52. The van der Waals surface area contributed by atoms with Gasteiger partial charge in [0.1, 0.15) is 6.61 Å². The van der Waals surface area contributed by atoms with Crippen molar-refractivity contribution in [2.24, 2.45) is 5.73 Å². The molecule has 0 amide bonds. The number of phenolic OH excluding ortho intramolecular Hbond substituents is 1. The molecule has 0 aliphatic rings. The van der Waals surface area contributed by atoms with Crippen molar-refractivity contribution >= 4 is 0 Å². The lowest BCUT2D eigenvalue weighted by Crippen LogP contribution is -2.03. The highest BCUT2D eigenvalue weighted by molar-refractivity contribution is 5.42. The highest BCUT2D eigenvalue weighted by atomic mass is 16.5. The second-order valence-corrected chi connectivity index (χ2v) is 3.22. The lowest BCUT2D eigenvalue weighted by atomic mass is 10.1. The van der Waals surface area contributed by atoms with Crippen LogP contribution in [0.2, 0.25) is 0 Å². The molecule has 3 heteroatoms. The van der Waals surface area contributed by atoms with E-state index in [4.69, 9.17) is 10.5 Å². The molecule has 0 radical (unpaired) electrons. The van der Waals surface area contributed by atoms with Crippen molar-refractivity contribution in [2.45, 2.75) is 13.3 Å². The van der Waals surface area contributed by atoms with E-state index in [9.17, 15) is 5.11 Å². The summed E-state index contributed by atoms with van der Waals surface area (Å²) >= 11 is 0. The zero-order valence-electron chi connectivity index (χ0n) is 8.94. The minimum Gasteiger partial charge on any atom is -0.504 e. The summed E-state index contributed by atoms with van der Waals surface area (Å²) in [7, 11) is 0. The van der Waals surface area contributed by atoms with Crippen molar-refractivity contribution in [2.75, 3.05) is 13.2 Å². The molecule has 0 spiro atoms. The van der Waals surface area contributed by atoms with Crippen LogP contribution in [-0.2, 0) is 6.42 Å². The molecular formula is C12H17NO2. The Morgan fingerprint density at radius 3 is 2.93 bits per heavy atom. The molecule has 1 aromatic carbocycles. The van der Waals surface area contributed by atoms with Gasteiger partial charge in [-0.25, -0.2) is 0 Å². The molecule has 1 rings (SSSR count). The Hall–Kier alpha value is -1.48. The van der Waals surface area contributed by atoms with Gasteiger partial charge in [0, 0.05) is 0 Å². The van der Waals surface area contributed by atoms with Crippen LogP contribution in [0.15, 0.2) is 30.4 Å². The van der Waals surface area contributed by atoms with Crippen molar-refractivity contribution in [3.8, 4) is 11.5 Å². The minimum atomic E-state index is 0.167. The summed E-state index contributed by atoms with van der Waals surface area (Å²) in [5.74, 6) is 0.680. The Morgan fingerprint density at radius 2 is 2.27 bits per heavy atom. The van der Waals surface area contributed by atoms with Gasteiger partial charge in [0.05, 0.1) is 0 Å². The third-order valence-corrected chi connectivity index (χ3v) is 2.03. The molecular weight excluding hydrogens is 190 g/mol. The lowest BCUT2D eigenvalue weighted by molar-refractivity contribution is 0.335. The quantitative estimate of drug-likeness (QED) is 0.724. The topological polar surface area (TPSA) is 55.5 Å². The molecule has 1 aromatic rings. The zero-order valence-corrected chi connectivity index (χ0v) is 8.94. The molecule has 0 fully saturated rings. The second-order valence-electron chi connectivity index (χ2n) is 3.22. The van der Waals surface area contributed by atoms with Gasteiger partial charge in [0.2, 0.25) is 0 Å². The van der Waals surface area contributed by atoms with Crippen LogP contribution in [0, 0.1) is 0 Å². The predicted molar refractivity (Wildman–Crippen MR) is 61.2 cm³/mol. The van der Waals surface area contributed by atoms with Crippen LogP contribution in [0.25, 0.3) is 0 Å². The number of hydrogen-bond acceptors (Lipinski definition) is 3. The van der Waals surface area contributed by atoms with Gasteiger partial charge in [-0.1, -0.05) is 18.2 Å². The van der Waals surface area contributed by atoms with E-state index in [0.29, 0.717) is 18.9 Å². The van der Waals surface area contributed by atoms with Crippen molar-refractivity contribution < 1.29 is 9.84 Å². The number of rotatable bonds is 5. The molecule has 0 bridgehead atoms. The molecule has 0 saturated carbocycles. The predicted octanol–water partition coefficient (Wildman–Crippen LogP) is 1.85. The van der Waals surface area contributed by atoms with Gasteiger partial charge < -0.3 is 15.6 Å². The Kier molecular flexibility index (Phi) is 4.71. The van der Waals surface area contributed by atoms with Crippen LogP contribution in [-0.4, -0.2) is 18.3 Å². The van der Waals surface area contributed by atoms with E-state index in [1.165, 1.54) is 0 Å². The Balaban J connectivity index is 2.71. The number of ether oxygens (including phenoxy) is 1. The highest BCUT2D eigenvalue weighted by Crippen LogP contribution is 2.26. The molecule has 15 heavy (non-hydrogen) atoms. The molecule has 0 unspecified atom stereocenters. The second kappa shape index (κ2) is 6.09. The normalized spacial score (nSPS) is 10.8. The number of benzene rings is 1. The monoisotopic (exact) mass is 207 g/mol. The van der Waals surface area contributed by atoms with Gasteiger partial charge in [-0.15, -0.1) is 0 Å². The maximum Gasteiger partial charge on any atom is 0.161 e. The summed E-state index contributed by atoms with van der Waals surface area (Å²) in [6.07, 6.45) is 4.58. The third-order valence-electron chi connectivity index (χ3n) is 2.03. The summed E-state index contributed by atoms with van der Waals surface area (Å²) < 4.78 is 5.39. The van der Waals surface area contributed by atoms with E-state index in [2.05, 4.69) is 0 Å². The van der Waals surface area contributed by atoms with Crippen LogP contribution < -0.4 is 10.5 Å². The van der Waals surface area contributed by atoms with Gasteiger partial charge in [-0.2, -0.15) is 0 Å². The van der Waals surface area contributed by atoms with Crippen LogP contribution in [0.1, 0.15) is 12.5 Å². The molecule has 0 heterocycles. The Bertz CT molecular complexity index is 334. The highest BCUT2D eigenvalue weighted by Gasteiger charge is 2.02. The van der Waals surface area contributed by atoms with Crippen molar-refractivity contribution in [1.82, 2.24) is 0 Å². The zero-order chi connectivity index (χ0) is 11.1. The first kappa shape index (κ1) is 11.6. The molecule has 3 N–H and O–H groups in total. The van der Waals surface area contributed by atoms with Crippen LogP contribution in [0.3, 0.4) is 0 Å². The van der Waals surface area contributed by atoms with Gasteiger partial charge >= 0.3 is 0 Å². The average molecular weight is 207 g/mol. The van der Waals surface area contributed by atoms with E-state index < -0.39 is 0 Å². The number of phenols is 1. The third kappa shape index (κ3) is 3.64. The van der Waals surface area contributed by atoms with Gasteiger partial charge in [0.15, 0.2) is 11.5 Å². The fraction of sp³-hybridized carbons (Fsp3) is 0.333. The molecule has 82 valence electrons. The maximum absolute atomic E-state index is 9.52. The number of aromatic hydroxyl groups is 1. The molecule has 3 nitrogen and oxygen atoms in total. The van der Waals surface area contributed by atoms with E-state index in [1.807, 2.05) is 31.2 Å². The summed E-state index contributed by atoms with van der Waals surface area (Å²) in [5, 5.41) is 9.52.